The number of nitrogens with zero attached hydrogens (tertiary/aromatic N) is 2. The van der Waals surface area contributed by atoms with E-state index in [1.807, 2.05) is 54.6 Å². The number of carboxylic acids is 1. The third-order valence-electron chi connectivity index (χ3n) is 5.82. The molecular formula is C25H23N3O5. The van der Waals surface area contributed by atoms with Gasteiger partial charge in [0, 0.05) is 30.4 Å². The molecule has 0 bridgehead atoms. The lowest BCUT2D eigenvalue weighted by Crippen LogP contribution is -2.25. The van der Waals surface area contributed by atoms with Crippen LogP contribution in [0.1, 0.15) is 34.3 Å². The van der Waals surface area contributed by atoms with E-state index in [0.717, 1.165) is 18.4 Å². The lowest BCUT2D eigenvalue weighted by Gasteiger charge is -2.14. The van der Waals surface area contributed by atoms with Crippen molar-refractivity contribution >= 4 is 11.6 Å². The first-order valence-electron chi connectivity index (χ1n) is 10.9. The van der Waals surface area contributed by atoms with Crippen molar-refractivity contribution in [3.05, 3.63) is 87.8 Å². The topological polar surface area (TPSA) is 106 Å². The Kier molecular flexibility index (Phi) is 5.66. The summed E-state index contributed by atoms with van der Waals surface area (Å²) < 4.78 is 12.8. The van der Waals surface area contributed by atoms with Gasteiger partial charge in [0.1, 0.15) is 17.9 Å². The molecular weight excluding hydrogens is 422 g/mol. The molecule has 2 N–H and O–H groups in total. The largest absolute Gasteiger partial charge is 0.489 e. The standard InChI is InChI=1S/C25H23N3O5/c29-24-20(13-19-7-4-12-32-19)22(27-23-21(25(30)31)14-26-28(23)24)17-8-10-18(11-9-17)33-15-16-5-2-1-3-6-16/h1-3,5-6,8-11,14,19,26H,4,7,12-13,15H2,(H,30,31). The van der Waals surface area contributed by atoms with E-state index < -0.39 is 5.97 Å². The van der Waals surface area contributed by atoms with Crippen LogP contribution in [0.5, 0.6) is 5.75 Å². The highest BCUT2D eigenvalue weighted by Gasteiger charge is 2.24. The van der Waals surface area contributed by atoms with Crippen LogP contribution in [0.25, 0.3) is 16.9 Å². The molecule has 0 spiro atoms. The summed E-state index contributed by atoms with van der Waals surface area (Å²) in [5, 5.41) is 12.2. The maximum absolute atomic E-state index is 13.3. The number of H-pyrrole nitrogens is 1. The maximum Gasteiger partial charge on any atom is 0.341 e. The van der Waals surface area contributed by atoms with Gasteiger partial charge in [0.05, 0.1) is 11.8 Å². The molecule has 1 aliphatic heterocycles. The van der Waals surface area contributed by atoms with Crippen molar-refractivity contribution < 1.29 is 19.4 Å². The van der Waals surface area contributed by atoms with Gasteiger partial charge in [-0.15, -0.1) is 0 Å². The highest BCUT2D eigenvalue weighted by molar-refractivity contribution is 5.94. The van der Waals surface area contributed by atoms with E-state index in [1.54, 1.807) is 0 Å². The number of hydrogen-bond donors (Lipinski definition) is 2. The van der Waals surface area contributed by atoms with E-state index in [1.165, 1.54) is 10.7 Å². The number of carboxylic acid groups (broad SMARTS) is 1. The minimum atomic E-state index is -1.15. The fraction of sp³-hybridized carbons (Fsp3) is 0.240. The summed E-state index contributed by atoms with van der Waals surface area (Å²) in [4.78, 5) is 29.5. The quantitative estimate of drug-likeness (QED) is 0.449. The van der Waals surface area contributed by atoms with Gasteiger partial charge in [0.15, 0.2) is 5.65 Å². The maximum atomic E-state index is 13.3. The Bertz CT molecular complexity index is 1340. The molecule has 0 aliphatic carbocycles. The smallest absolute Gasteiger partial charge is 0.341 e. The molecule has 1 fully saturated rings. The molecule has 168 valence electrons. The molecule has 0 amide bonds. The average Bonchev–Trinajstić information content (AvgIpc) is 3.50. The second-order valence-corrected chi connectivity index (χ2v) is 8.03. The minimum absolute atomic E-state index is 0.0557. The second kappa shape index (κ2) is 8.91. The molecule has 5 rings (SSSR count). The van der Waals surface area contributed by atoms with E-state index in [4.69, 9.17) is 9.47 Å². The summed E-state index contributed by atoms with van der Waals surface area (Å²) in [7, 11) is 0. The van der Waals surface area contributed by atoms with Crippen molar-refractivity contribution in [2.75, 3.05) is 6.61 Å². The minimum Gasteiger partial charge on any atom is -0.489 e. The number of nitrogens with one attached hydrogen (secondary N) is 1. The van der Waals surface area contributed by atoms with Gasteiger partial charge in [-0.3, -0.25) is 9.89 Å². The number of aromatic amines is 1. The van der Waals surface area contributed by atoms with Crippen LogP contribution in [0.2, 0.25) is 0 Å². The van der Waals surface area contributed by atoms with Crippen LogP contribution < -0.4 is 10.3 Å². The average molecular weight is 445 g/mol. The van der Waals surface area contributed by atoms with Gasteiger partial charge in [-0.2, -0.15) is 0 Å². The first-order chi connectivity index (χ1) is 16.1. The van der Waals surface area contributed by atoms with E-state index in [0.29, 0.717) is 42.2 Å². The number of hydrogen-bond acceptors (Lipinski definition) is 5. The van der Waals surface area contributed by atoms with Crippen molar-refractivity contribution in [3.8, 4) is 17.0 Å². The number of aromatic nitrogens is 3. The third-order valence-corrected chi connectivity index (χ3v) is 5.82. The van der Waals surface area contributed by atoms with Gasteiger partial charge >= 0.3 is 5.97 Å². The van der Waals surface area contributed by atoms with Crippen LogP contribution in [-0.2, 0) is 17.8 Å². The summed E-state index contributed by atoms with van der Waals surface area (Å²) >= 11 is 0. The Morgan fingerprint density at radius 3 is 2.67 bits per heavy atom. The Hall–Kier alpha value is -3.91. The number of aromatic carboxylic acids is 1. The summed E-state index contributed by atoms with van der Waals surface area (Å²) in [6.07, 6.45) is 3.47. The van der Waals surface area contributed by atoms with Crippen LogP contribution in [0.4, 0.5) is 0 Å². The molecule has 4 aromatic rings. The predicted octanol–water partition coefficient (Wildman–Crippen LogP) is 3.69. The third kappa shape index (κ3) is 4.25. The SMILES string of the molecule is O=C(O)c1c[nH]n2c(=O)c(CC3CCCO3)c(-c3ccc(OCc4ccccc4)cc3)nc12. The Balaban J connectivity index is 1.51. The number of rotatable bonds is 7. The molecule has 2 aromatic heterocycles. The van der Waals surface area contributed by atoms with Crippen LogP contribution in [0, 0.1) is 0 Å². The molecule has 8 heteroatoms. The zero-order valence-corrected chi connectivity index (χ0v) is 17.9. The lowest BCUT2D eigenvalue weighted by molar-refractivity contribution is 0.0698. The Labute approximate surface area is 189 Å². The summed E-state index contributed by atoms with van der Waals surface area (Å²) in [6.45, 7) is 1.12. The van der Waals surface area contributed by atoms with Crippen molar-refractivity contribution in [2.24, 2.45) is 0 Å². The molecule has 1 unspecified atom stereocenters. The number of carbonyl (C=O) groups is 1. The monoisotopic (exact) mass is 445 g/mol. The fourth-order valence-electron chi connectivity index (χ4n) is 4.11. The molecule has 0 radical (unpaired) electrons. The van der Waals surface area contributed by atoms with Gasteiger partial charge in [0.25, 0.3) is 5.56 Å². The molecule has 3 heterocycles. The van der Waals surface area contributed by atoms with Gasteiger partial charge < -0.3 is 14.6 Å². The molecule has 0 saturated carbocycles. The molecule has 1 aliphatic rings. The number of fused-ring (bicyclic) bond motifs is 1. The molecule has 1 saturated heterocycles. The first kappa shape index (κ1) is 21.0. The van der Waals surface area contributed by atoms with Crippen molar-refractivity contribution in [3.63, 3.8) is 0 Å². The van der Waals surface area contributed by atoms with E-state index in [9.17, 15) is 14.7 Å². The van der Waals surface area contributed by atoms with Gasteiger partial charge in [-0.1, -0.05) is 30.3 Å². The van der Waals surface area contributed by atoms with Crippen molar-refractivity contribution in [1.82, 2.24) is 14.6 Å². The Morgan fingerprint density at radius 2 is 1.97 bits per heavy atom. The van der Waals surface area contributed by atoms with Crippen molar-refractivity contribution in [1.29, 1.82) is 0 Å². The Morgan fingerprint density at radius 1 is 1.18 bits per heavy atom. The predicted molar refractivity (Wildman–Crippen MR) is 122 cm³/mol. The van der Waals surface area contributed by atoms with Crippen molar-refractivity contribution in [2.45, 2.75) is 32.0 Å². The fourth-order valence-corrected chi connectivity index (χ4v) is 4.11. The molecule has 33 heavy (non-hydrogen) atoms. The summed E-state index contributed by atoms with van der Waals surface area (Å²) in [5.41, 5.74) is 2.45. The molecule has 8 nitrogen and oxygen atoms in total. The van der Waals surface area contributed by atoms with Crippen LogP contribution in [0.15, 0.2) is 65.6 Å². The summed E-state index contributed by atoms with van der Waals surface area (Å²) in [5.74, 6) is -0.461. The highest BCUT2D eigenvalue weighted by Crippen LogP contribution is 2.27. The van der Waals surface area contributed by atoms with E-state index in [-0.39, 0.29) is 22.9 Å². The van der Waals surface area contributed by atoms with Crippen LogP contribution in [-0.4, -0.2) is 38.4 Å². The second-order valence-electron chi connectivity index (χ2n) is 8.03. The van der Waals surface area contributed by atoms with Gasteiger partial charge in [-0.25, -0.2) is 14.3 Å². The number of benzene rings is 2. The highest BCUT2D eigenvalue weighted by atomic mass is 16.5. The van der Waals surface area contributed by atoms with Crippen LogP contribution in [0.3, 0.4) is 0 Å². The zero-order chi connectivity index (χ0) is 22.8. The lowest BCUT2D eigenvalue weighted by atomic mass is 10.0. The van der Waals surface area contributed by atoms with E-state index >= 15 is 0 Å². The normalized spacial score (nSPS) is 15.7. The van der Waals surface area contributed by atoms with E-state index in [2.05, 4.69) is 10.1 Å². The zero-order valence-electron chi connectivity index (χ0n) is 17.9. The summed E-state index contributed by atoms with van der Waals surface area (Å²) in [6, 6.07) is 17.2. The molecule has 1 atom stereocenters. The first-order valence-corrected chi connectivity index (χ1v) is 10.9. The molecule has 2 aromatic carbocycles. The van der Waals surface area contributed by atoms with Gasteiger partial charge in [0.2, 0.25) is 0 Å². The van der Waals surface area contributed by atoms with Crippen LogP contribution >= 0.6 is 0 Å². The van der Waals surface area contributed by atoms with Gasteiger partial charge in [-0.05, 0) is 42.7 Å². The number of ether oxygens (including phenoxy) is 2.